The molecule has 33 heavy (non-hydrogen) atoms. The molecule has 2 aromatic carbocycles. The van der Waals surface area contributed by atoms with Crippen LogP contribution in [0.5, 0.6) is 0 Å². The number of amides is 1. The highest BCUT2D eigenvalue weighted by atomic mass is 32.2. The molecule has 9 nitrogen and oxygen atoms in total. The molecular formula is C22H24N4O5S2. The minimum Gasteiger partial charge on any atom is -0.457 e. The number of esters is 1. The Morgan fingerprint density at radius 1 is 1.09 bits per heavy atom. The van der Waals surface area contributed by atoms with Crippen molar-refractivity contribution in [2.45, 2.75) is 26.9 Å². The van der Waals surface area contributed by atoms with E-state index in [9.17, 15) is 18.0 Å². The van der Waals surface area contributed by atoms with Crippen LogP contribution in [0.3, 0.4) is 0 Å². The van der Waals surface area contributed by atoms with Crippen molar-refractivity contribution in [3.63, 3.8) is 0 Å². The Balaban J connectivity index is 1.59. The van der Waals surface area contributed by atoms with Crippen molar-refractivity contribution in [3.8, 4) is 0 Å². The van der Waals surface area contributed by atoms with E-state index in [-0.39, 0.29) is 11.6 Å². The largest absolute Gasteiger partial charge is 0.457 e. The molecule has 1 aromatic heterocycles. The Hall–Kier alpha value is -3.31. The molecule has 3 rings (SSSR count). The number of nitrogens with one attached hydrogen (secondary N) is 1. The van der Waals surface area contributed by atoms with E-state index >= 15 is 0 Å². The Kier molecular flexibility index (Phi) is 7.77. The predicted octanol–water partition coefficient (Wildman–Crippen LogP) is 3.17. The summed E-state index contributed by atoms with van der Waals surface area (Å²) in [5.74, 6) is -1.17. The first-order chi connectivity index (χ1) is 15.7. The molecule has 0 fully saturated rings. The molecule has 1 amide bonds. The van der Waals surface area contributed by atoms with E-state index in [0.29, 0.717) is 21.9 Å². The summed E-state index contributed by atoms with van der Waals surface area (Å²) in [5, 5.41) is 10.9. The fraction of sp³-hybridized carbons (Fsp3) is 0.273. The number of anilines is 2. The van der Waals surface area contributed by atoms with Crippen molar-refractivity contribution in [1.82, 2.24) is 10.2 Å². The lowest BCUT2D eigenvalue weighted by atomic mass is 10.1. The third-order valence-corrected chi connectivity index (χ3v) is 6.72. The highest BCUT2D eigenvalue weighted by Gasteiger charge is 2.23. The van der Waals surface area contributed by atoms with Gasteiger partial charge in [-0.05, 0) is 42.7 Å². The van der Waals surface area contributed by atoms with Crippen LogP contribution in [0, 0.1) is 6.92 Å². The topological polar surface area (TPSA) is 119 Å². The molecule has 0 aliphatic heterocycles. The van der Waals surface area contributed by atoms with Crippen LogP contribution in [0.2, 0.25) is 0 Å². The van der Waals surface area contributed by atoms with E-state index in [1.807, 2.05) is 31.2 Å². The first-order valence-corrected chi connectivity index (χ1v) is 12.8. The highest BCUT2D eigenvalue weighted by molar-refractivity contribution is 7.92. The maximum Gasteiger partial charge on any atom is 0.327 e. The molecule has 174 valence electrons. The van der Waals surface area contributed by atoms with Crippen LogP contribution in [0.1, 0.15) is 32.9 Å². The van der Waals surface area contributed by atoms with Gasteiger partial charge in [-0.25, -0.2) is 8.42 Å². The van der Waals surface area contributed by atoms with Gasteiger partial charge in [0.1, 0.15) is 13.2 Å². The van der Waals surface area contributed by atoms with E-state index in [4.69, 9.17) is 4.74 Å². The lowest BCUT2D eigenvalue weighted by Crippen LogP contribution is -2.36. The van der Waals surface area contributed by atoms with Crippen LogP contribution in [0.4, 0.5) is 11.4 Å². The molecule has 0 aliphatic carbocycles. The normalized spacial score (nSPS) is 11.1. The second kappa shape index (κ2) is 10.5. The number of carbonyl (C=O) groups excluding carboxylic acids is 2. The average Bonchev–Trinajstić information content (AvgIpc) is 3.26. The first-order valence-electron chi connectivity index (χ1n) is 10.1. The maximum atomic E-state index is 12.4. The van der Waals surface area contributed by atoms with Crippen LogP contribution in [0.25, 0.3) is 0 Å². The number of aryl methyl sites for hydroxylation is 2. The van der Waals surface area contributed by atoms with Crippen LogP contribution >= 0.6 is 11.3 Å². The summed E-state index contributed by atoms with van der Waals surface area (Å²) in [6, 6.07) is 14.3. The van der Waals surface area contributed by atoms with Gasteiger partial charge in [0.25, 0.3) is 5.91 Å². The molecule has 1 heterocycles. The maximum absolute atomic E-state index is 12.4. The van der Waals surface area contributed by atoms with Gasteiger partial charge in [-0.15, -0.1) is 10.2 Å². The second-order valence-corrected chi connectivity index (χ2v) is 10.2. The van der Waals surface area contributed by atoms with Gasteiger partial charge in [0.2, 0.25) is 15.0 Å². The van der Waals surface area contributed by atoms with Gasteiger partial charge < -0.3 is 10.1 Å². The number of ether oxygens (including phenoxy) is 1. The molecule has 0 atom stereocenters. The fourth-order valence-corrected chi connectivity index (χ4v) is 4.49. The Labute approximate surface area is 196 Å². The van der Waals surface area contributed by atoms with E-state index in [0.717, 1.165) is 33.9 Å². The number of aromatic nitrogens is 2. The summed E-state index contributed by atoms with van der Waals surface area (Å²) in [7, 11) is -3.71. The summed E-state index contributed by atoms with van der Waals surface area (Å²) in [5.41, 5.74) is 2.90. The minimum atomic E-state index is -3.71. The molecular weight excluding hydrogens is 464 g/mol. The SMILES string of the molecule is CCc1ccc(NC(=O)c2nnc(COC(=O)CN(c3ccccc3C)S(C)(=O)=O)s2)cc1. The number of benzene rings is 2. The first kappa shape index (κ1) is 24.3. The molecule has 0 bridgehead atoms. The van der Waals surface area contributed by atoms with Gasteiger partial charge in [0.05, 0.1) is 11.9 Å². The molecule has 0 saturated carbocycles. The zero-order valence-electron chi connectivity index (χ0n) is 18.4. The summed E-state index contributed by atoms with van der Waals surface area (Å²) in [4.78, 5) is 24.7. The molecule has 1 N–H and O–H groups in total. The Morgan fingerprint density at radius 2 is 1.79 bits per heavy atom. The van der Waals surface area contributed by atoms with Gasteiger partial charge in [-0.2, -0.15) is 0 Å². The average molecular weight is 489 g/mol. The van der Waals surface area contributed by atoms with Gasteiger partial charge in [-0.3, -0.25) is 13.9 Å². The minimum absolute atomic E-state index is 0.123. The van der Waals surface area contributed by atoms with Crippen LogP contribution in [-0.2, 0) is 32.6 Å². The number of sulfonamides is 1. The van der Waals surface area contributed by atoms with Crippen LogP contribution in [-0.4, -0.2) is 43.3 Å². The molecule has 0 saturated heterocycles. The van der Waals surface area contributed by atoms with Crippen molar-refractivity contribution < 1.29 is 22.7 Å². The van der Waals surface area contributed by atoms with E-state index in [1.165, 1.54) is 0 Å². The smallest absolute Gasteiger partial charge is 0.327 e. The van der Waals surface area contributed by atoms with Crippen molar-refractivity contribution in [1.29, 1.82) is 0 Å². The number of hydrogen-bond donors (Lipinski definition) is 1. The Morgan fingerprint density at radius 3 is 2.42 bits per heavy atom. The summed E-state index contributed by atoms with van der Waals surface area (Å²) < 4.78 is 30.6. The zero-order valence-corrected chi connectivity index (χ0v) is 20.1. The molecule has 0 unspecified atom stereocenters. The fourth-order valence-electron chi connectivity index (χ4n) is 2.94. The third kappa shape index (κ3) is 6.59. The number of hydrogen-bond acceptors (Lipinski definition) is 8. The van der Waals surface area contributed by atoms with Crippen molar-refractivity contribution in [3.05, 3.63) is 69.7 Å². The quantitative estimate of drug-likeness (QED) is 0.460. The summed E-state index contributed by atoms with van der Waals surface area (Å²) in [6.45, 7) is 3.10. The molecule has 3 aromatic rings. The molecule has 0 radical (unpaired) electrons. The van der Waals surface area contributed by atoms with Crippen molar-refractivity contribution in [2.24, 2.45) is 0 Å². The number of para-hydroxylation sites is 1. The monoisotopic (exact) mass is 488 g/mol. The van der Waals surface area contributed by atoms with Crippen LogP contribution in [0.15, 0.2) is 48.5 Å². The number of rotatable bonds is 9. The lowest BCUT2D eigenvalue weighted by molar-refractivity contribution is -0.143. The predicted molar refractivity (Wildman–Crippen MR) is 127 cm³/mol. The summed E-state index contributed by atoms with van der Waals surface area (Å²) >= 11 is 0.990. The van der Waals surface area contributed by atoms with E-state index < -0.39 is 28.4 Å². The van der Waals surface area contributed by atoms with Crippen molar-refractivity contribution >= 4 is 44.6 Å². The van der Waals surface area contributed by atoms with Crippen LogP contribution < -0.4 is 9.62 Å². The van der Waals surface area contributed by atoms with Gasteiger partial charge in [-0.1, -0.05) is 48.6 Å². The standard InChI is InChI=1S/C22H24N4O5S2/c1-4-16-9-11-17(12-10-16)23-21(28)22-25-24-19(32-22)14-31-20(27)13-26(33(3,29)30)18-8-6-5-7-15(18)2/h5-12H,4,13-14H2,1-3H3,(H,23,28). The van der Waals surface area contributed by atoms with Crippen molar-refractivity contribution in [2.75, 3.05) is 22.4 Å². The van der Waals surface area contributed by atoms with Gasteiger partial charge >= 0.3 is 5.97 Å². The van der Waals surface area contributed by atoms with E-state index in [1.54, 1.807) is 31.2 Å². The number of carbonyl (C=O) groups is 2. The molecule has 0 aliphatic rings. The summed E-state index contributed by atoms with van der Waals surface area (Å²) in [6.07, 6.45) is 1.93. The van der Waals surface area contributed by atoms with E-state index in [2.05, 4.69) is 15.5 Å². The highest BCUT2D eigenvalue weighted by Crippen LogP contribution is 2.22. The number of nitrogens with zero attached hydrogens (tertiary/aromatic N) is 3. The Bertz CT molecular complexity index is 1240. The molecule has 0 spiro atoms. The third-order valence-electron chi connectivity index (χ3n) is 4.69. The van der Waals surface area contributed by atoms with Gasteiger partial charge in [0, 0.05) is 5.69 Å². The second-order valence-electron chi connectivity index (χ2n) is 7.22. The van der Waals surface area contributed by atoms with Gasteiger partial charge in [0.15, 0.2) is 5.01 Å². The lowest BCUT2D eigenvalue weighted by Gasteiger charge is -2.23. The zero-order chi connectivity index (χ0) is 24.0. The molecule has 11 heteroatoms.